The summed E-state index contributed by atoms with van der Waals surface area (Å²) in [6.07, 6.45) is 3.40. The Labute approximate surface area is 285 Å². The zero-order valence-electron chi connectivity index (χ0n) is 27.6. The summed E-state index contributed by atoms with van der Waals surface area (Å²) in [4.78, 5) is 2.51. The molecule has 46 heavy (non-hydrogen) atoms. The van der Waals surface area contributed by atoms with Crippen LogP contribution in [0.4, 0.5) is 0 Å². The number of hydrogen-bond acceptors (Lipinski definition) is 4. The minimum atomic E-state index is -0.0863. The van der Waals surface area contributed by atoms with Crippen molar-refractivity contribution in [3.8, 4) is 11.1 Å². The van der Waals surface area contributed by atoms with E-state index in [0.717, 1.165) is 25.2 Å². The Balaban J connectivity index is 1.06. The summed E-state index contributed by atoms with van der Waals surface area (Å²) in [6.45, 7) is 15.7. The maximum absolute atomic E-state index is 4.46. The quantitative estimate of drug-likeness (QED) is 0.144. The van der Waals surface area contributed by atoms with Crippen LogP contribution in [0.25, 0.3) is 21.9 Å². The highest BCUT2D eigenvalue weighted by molar-refractivity contribution is 7.97. The molecule has 1 saturated heterocycles. The lowest BCUT2D eigenvalue weighted by Crippen LogP contribution is -2.29. The van der Waals surface area contributed by atoms with Gasteiger partial charge in [0.05, 0.1) is 0 Å². The lowest BCUT2D eigenvalue weighted by molar-refractivity contribution is 0.342. The molecule has 1 N–H and O–H groups in total. The molecular weight excluding hydrogens is 597 g/mol. The molecule has 1 fully saturated rings. The van der Waals surface area contributed by atoms with Gasteiger partial charge in [0.15, 0.2) is 0 Å². The van der Waals surface area contributed by atoms with Gasteiger partial charge in [-0.3, -0.25) is 0 Å². The second kappa shape index (κ2) is 14.5. The lowest BCUT2D eigenvalue weighted by atomic mass is 9.82. The maximum atomic E-state index is 4.46. The molecule has 5 aromatic rings. The minimum absolute atomic E-state index is 0.0863. The van der Waals surface area contributed by atoms with Crippen LogP contribution < -0.4 is 4.72 Å². The molecule has 1 aliphatic heterocycles. The molecule has 0 saturated carbocycles. The third-order valence-corrected chi connectivity index (χ3v) is 11.2. The topological polar surface area (TPSA) is 15.3 Å². The van der Waals surface area contributed by atoms with Crippen molar-refractivity contribution in [3.05, 3.63) is 144 Å². The van der Waals surface area contributed by atoms with E-state index in [0.29, 0.717) is 11.8 Å². The monoisotopic (exact) mass is 642 g/mol. The van der Waals surface area contributed by atoms with Gasteiger partial charge in [-0.05, 0) is 118 Å². The minimum Gasteiger partial charge on any atom is -0.329 e. The van der Waals surface area contributed by atoms with Crippen LogP contribution in [0.2, 0.25) is 0 Å². The normalized spacial score (nSPS) is 15.7. The zero-order chi connectivity index (χ0) is 32.1. The highest BCUT2D eigenvalue weighted by Crippen LogP contribution is 2.37. The van der Waals surface area contributed by atoms with Crippen molar-refractivity contribution in [2.45, 2.75) is 68.6 Å². The van der Waals surface area contributed by atoms with Crippen LogP contribution >= 0.6 is 23.9 Å². The van der Waals surface area contributed by atoms with E-state index < -0.39 is 0 Å². The summed E-state index contributed by atoms with van der Waals surface area (Å²) in [6, 6.07) is 42.5. The number of allylic oxidation sites excluding steroid dienone is 1. The molecule has 0 bridgehead atoms. The first kappa shape index (κ1) is 32.5. The summed E-state index contributed by atoms with van der Waals surface area (Å²) < 4.78 is 6.14. The highest BCUT2D eigenvalue weighted by Gasteiger charge is 2.25. The Morgan fingerprint density at radius 1 is 0.826 bits per heavy atom. The van der Waals surface area contributed by atoms with Crippen molar-refractivity contribution >= 4 is 34.7 Å². The fourth-order valence-corrected chi connectivity index (χ4v) is 8.23. The summed E-state index contributed by atoms with van der Waals surface area (Å²) in [5, 5.41) is 2.53. The average Bonchev–Trinajstić information content (AvgIpc) is 3.07. The molecule has 236 valence electrons. The van der Waals surface area contributed by atoms with E-state index in [4.69, 9.17) is 0 Å². The maximum Gasteiger partial charge on any atom is 0.0291 e. The van der Waals surface area contributed by atoms with Crippen LogP contribution in [0.1, 0.15) is 69.1 Å². The molecular formula is C42H46N2S2. The zero-order valence-corrected chi connectivity index (χ0v) is 29.3. The number of hydrogen-bond donors (Lipinski definition) is 1. The first-order valence-electron chi connectivity index (χ1n) is 16.6. The highest BCUT2D eigenvalue weighted by atomic mass is 32.2. The molecule has 5 aromatic carbocycles. The van der Waals surface area contributed by atoms with Gasteiger partial charge in [0.25, 0.3) is 0 Å². The molecule has 0 amide bonds. The third-order valence-electron chi connectivity index (χ3n) is 9.26. The number of nitrogens with one attached hydrogen (secondary N) is 1. The lowest BCUT2D eigenvalue weighted by Gasteiger charge is -2.32. The van der Waals surface area contributed by atoms with Gasteiger partial charge in [-0.2, -0.15) is 0 Å². The number of rotatable bonds is 11. The molecule has 4 heteroatoms. The van der Waals surface area contributed by atoms with E-state index >= 15 is 0 Å². The number of piperidine rings is 1. The molecule has 0 aromatic heterocycles. The van der Waals surface area contributed by atoms with Crippen LogP contribution in [-0.4, -0.2) is 17.4 Å². The van der Waals surface area contributed by atoms with Crippen molar-refractivity contribution < 1.29 is 0 Å². The second-order valence-corrected chi connectivity index (χ2v) is 15.7. The fourth-order valence-electron chi connectivity index (χ4n) is 6.30. The van der Waals surface area contributed by atoms with Gasteiger partial charge in [-0.1, -0.05) is 125 Å². The summed E-state index contributed by atoms with van der Waals surface area (Å²) in [5.74, 6) is 1.10. The van der Waals surface area contributed by atoms with Crippen molar-refractivity contribution in [1.29, 1.82) is 0 Å². The Morgan fingerprint density at radius 2 is 1.61 bits per heavy atom. The fraction of sp³-hybridized carbons (Fsp3) is 0.286. The van der Waals surface area contributed by atoms with Gasteiger partial charge in [0.2, 0.25) is 0 Å². The summed E-state index contributed by atoms with van der Waals surface area (Å²) in [5.41, 5.74) is 7.76. The van der Waals surface area contributed by atoms with Gasteiger partial charge < -0.3 is 4.72 Å². The number of nitrogens with zero attached hydrogens (tertiary/aromatic N) is 1. The standard InChI is InChI=1S/C42H46N2S2/c1-30(2)33-18-20-35(21-19-33)38-15-9-17-41(27-38)46-44-24-10-16-39(29-44)36-14-8-11-32(25-36)28-42(4,5)31(3)43-45-40-23-22-34-12-6-7-13-37(34)26-40/h6-9,11-15,17-23,25-27,30,39,43H,3,10,16,24,28-29H2,1-2,4-5H3. The summed E-state index contributed by atoms with van der Waals surface area (Å²) in [7, 11) is 0. The molecule has 6 rings (SSSR count). The Bertz CT molecular complexity index is 1790. The van der Waals surface area contributed by atoms with Crippen molar-refractivity contribution in [2.24, 2.45) is 5.41 Å². The molecule has 0 radical (unpaired) electrons. The van der Waals surface area contributed by atoms with Gasteiger partial charge in [-0.25, -0.2) is 4.31 Å². The van der Waals surface area contributed by atoms with E-state index in [1.54, 1.807) is 11.9 Å². The van der Waals surface area contributed by atoms with Crippen LogP contribution in [0, 0.1) is 5.41 Å². The molecule has 1 atom stereocenters. The van der Waals surface area contributed by atoms with E-state index in [-0.39, 0.29) is 5.41 Å². The smallest absolute Gasteiger partial charge is 0.0291 e. The van der Waals surface area contributed by atoms with Gasteiger partial charge >= 0.3 is 0 Å². The number of benzene rings is 5. The molecule has 1 unspecified atom stereocenters. The van der Waals surface area contributed by atoms with Crippen LogP contribution in [0.5, 0.6) is 0 Å². The molecule has 1 heterocycles. The van der Waals surface area contributed by atoms with E-state index in [1.807, 2.05) is 11.9 Å². The second-order valence-electron chi connectivity index (χ2n) is 13.6. The van der Waals surface area contributed by atoms with Gasteiger partial charge in [0, 0.05) is 34.0 Å². The van der Waals surface area contributed by atoms with E-state index in [9.17, 15) is 0 Å². The van der Waals surface area contributed by atoms with E-state index in [2.05, 4.69) is 159 Å². The van der Waals surface area contributed by atoms with Gasteiger partial charge in [0.1, 0.15) is 0 Å². The van der Waals surface area contributed by atoms with E-state index in [1.165, 1.54) is 61.2 Å². The predicted octanol–water partition coefficient (Wildman–Crippen LogP) is 11.9. The molecule has 0 spiro atoms. The van der Waals surface area contributed by atoms with Crippen molar-refractivity contribution in [3.63, 3.8) is 0 Å². The van der Waals surface area contributed by atoms with Crippen LogP contribution in [0.3, 0.4) is 0 Å². The molecule has 1 aliphatic rings. The summed E-state index contributed by atoms with van der Waals surface area (Å²) >= 11 is 3.56. The first-order valence-corrected chi connectivity index (χ1v) is 18.2. The molecule has 0 aliphatic carbocycles. The molecule has 2 nitrogen and oxygen atoms in total. The van der Waals surface area contributed by atoms with Crippen molar-refractivity contribution in [1.82, 2.24) is 9.03 Å². The number of fused-ring (bicyclic) bond motifs is 1. The first-order chi connectivity index (χ1) is 22.2. The third kappa shape index (κ3) is 8.09. The van der Waals surface area contributed by atoms with Crippen LogP contribution in [-0.2, 0) is 6.42 Å². The van der Waals surface area contributed by atoms with Crippen LogP contribution in [0.15, 0.2) is 137 Å². The van der Waals surface area contributed by atoms with Crippen molar-refractivity contribution in [2.75, 3.05) is 13.1 Å². The van der Waals surface area contributed by atoms with Gasteiger partial charge in [-0.15, -0.1) is 0 Å². The Hall–Kier alpha value is -3.44. The Kier molecular flexibility index (Phi) is 10.3. The largest absolute Gasteiger partial charge is 0.329 e. The predicted molar refractivity (Wildman–Crippen MR) is 201 cm³/mol. The average molecular weight is 643 g/mol. The SMILES string of the molecule is C=C(NSc1ccc2ccccc2c1)C(C)(C)Cc1cccc(C2CCCN(Sc3cccc(-c4ccc(C(C)C)cc4)c3)C2)c1. The Morgan fingerprint density at radius 3 is 2.41 bits per heavy atom.